The quantitative estimate of drug-likeness (QED) is 0.590. The fraction of sp³-hybridized carbons (Fsp3) is 1.00. The summed E-state index contributed by atoms with van der Waals surface area (Å²) in [6, 6.07) is 0. The van der Waals surface area contributed by atoms with Crippen molar-refractivity contribution < 1.29 is 29.5 Å². The number of hydrogen-bond donors (Lipinski definition) is 3. The van der Waals surface area contributed by atoms with Gasteiger partial charge in [-0.1, -0.05) is 26.7 Å². The van der Waals surface area contributed by atoms with Gasteiger partial charge in [-0.05, 0) is 40.5 Å². The molecule has 1 aliphatic rings. The SMILES string of the molecule is CCCC(C)(C)OC1OC(CO)C(OC(C)(C)CCC)C(O)C1O. The van der Waals surface area contributed by atoms with Crippen LogP contribution in [0.3, 0.4) is 0 Å². The molecule has 0 aromatic rings. The molecule has 0 aliphatic carbocycles. The number of hydrogen-bond acceptors (Lipinski definition) is 6. The van der Waals surface area contributed by atoms with Crippen molar-refractivity contribution in [1.29, 1.82) is 0 Å². The van der Waals surface area contributed by atoms with Crippen molar-refractivity contribution in [1.82, 2.24) is 0 Å². The van der Waals surface area contributed by atoms with Crippen molar-refractivity contribution in [2.75, 3.05) is 6.61 Å². The summed E-state index contributed by atoms with van der Waals surface area (Å²) in [6.07, 6.45) is -1.51. The Bertz CT molecular complexity index is 369. The van der Waals surface area contributed by atoms with Gasteiger partial charge in [-0.3, -0.25) is 0 Å². The molecule has 5 atom stereocenters. The van der Waals surface area contributed by atoms with Crippen LogP contribution in [-0.4, -0.2) is 63.8 Å². The van der Waals surface area contributed by atoms with E-state index in [4.69, 9.17) is 14.2 Å². The molecule has 6 nitrogen and oxygen atoms in total. The summed E-state index contributed by atoms with van der Waals surface area (Å²) in [4.78, 5) is 0. The van der Waals surface area contributed by atoms with Crippen LogP contribution in [-0.2, 0) is 14.2 Å². The van der Waals surface area contributed by atoms with Crippen molar-refractivity contribution in [3.8, 4) is 0 Å². The van der Waals surface area contributed by atoms with Crippen LogP contribution in [0.25, 0.3) is 0 Å². The van der Waals surface area contributed by atoms with Gasteiger partial charge in [0.05, 0.1) is 17.8 Å². The molecular weight excluding hydrogens is 312 g/mol. The normalized spacial score (nSPS) is 32.1. The highest BCUT2D eigenvalue weighted by Gasteiger charge is 2.48. The van der Waals surface area contributed by atoms with E-state index in [2.05, 4.69) is 6.92 Å². The molecule has 0 spiro atoms. The molecule has 5 unspecified atom stereocenters. The Kier molecular flexibility index (Phi) is 8.10. The third-order valence-corrected chi connectivity index (χ3v) is 4.42. The molecule has 6 heteroatoms. The Morgan fingerprint density at radius 3 is 1.83 bits per heavy atom. The molecule has 1 aliphatic heterocycles. The number of ether oxygens (including phenoxy) is 3. The van der Waals surface area contributed by atoms with Crippen molar-refractivity contribution >= 4 is 0 Å². The van der Waals surface area contributed by atoms with Gasteiger partial charge < -0.3 is 29.5 Å². The second-order valence-corrected chi connectivity index (χ2v) is 7.93. The molecule has 144 valence electrons. The van der Waals surface area contributed by atoms with Crippen molar-refractivity contribution in [2.24, 2.45) is 0 Å². The maximum Gasteiger partial charge on any atom is 0.187 e. The first-order valence-electron chi connectivity index (χ1n) is 9.05. The second kappa shape index (κ2) is 8.92. The molecule has 3 N–H and O–H groups in total. The summed E-state index contributed by atoms with van der Waals surface area (Å²) in [5.74, 6) is 0. The third-order valence-electron chi connectivity index (χ3n) is 4.42. The lowest BCUT2D eigenvalue weighted by Gasteiger charge is -2.46. The van der Waals surface area contributed by atoms with E-state index in [1.165, 1.54) is 0 Å². The predicted molar refractivity (Wildman–Crippen MR) is 91.7 cm³/mol. The monoisotopic (exact) mass is 348 g/mol. The first kappa shape index (κ1) is 21.8. The van der Waals surface area contributed by atoms with Crippen LogP contribution in [0.1, 0.15) is 67.2 Å². The summed E-state index contributed by atoms with van der Waals surface area (Å²) in [5, 5.41) is 30.6. The van der Waals surface area contributed by atoms with Crippen molar-refractivity contribution in [3.05, 3.63) is 0 Å². The van der Waals surface area contributed by atoms with Gasteiger partial charge in [0.2, 0.25) is 0 Å². The van der Waals surface area contributed by atoms with E-state index < -0.39 is 41.9 Å². The minimum Gasteiger partial charge on any atom is -0.394 e. The van der Waals surface area contributed by atoms with E-state index in [1.54, 1.807) is 0 Å². The van der Waals surface area contributed by atoms with Gasteiger partial charge in [-0.25, -0.2) is 0 Å². The van der Waals surface area contributed by atoms with E-state index >= 15 is 0 Å². The summed E-state index contributed by atoms with van der Waals surface area (Å²) in [5.41, 5.74) is -0.971. The maximum atomic E-state index is 10.5. The molecular formula is C18H36O6. The molecule has 1 saturated heterocycles. The maximum absolute atomic E-state index is 10.5. The summed E-state index contributed by atoms with van der Waals surface area (Å²) < 4.78 is 17.6. The van der Waals surface area contributed by atoms with Gasteiger partial charge in [0.15, 0.2) is 6.29 Å². The van der Waals surface area contributed by atoms with Crippen LogP contribution in [0, 0.1) is 0 Å². The van der Waals surface area contributed by atoms with Crippen molar-refractivity contribution in [3.63, 3.8) is 0 Å². The zero-order chi connectivity index (χ0) is 18.5. The van der Waals surface area contributed by atoms with Gasteiger partial charge in [-0.2, -0.15) is 0 Å². The fourth-order valence-electron chi connectivity index (χ4n) is 3.30. The molecule has 0 bridgehead atoms. The standard InChI is InChI=1S/C18H36O6/c1-7-9-17(3,4)23-15-12(11-19)22-16(14(21)13(15)20)24-18(5,6)10-8-2/h12-16,19-21H,7-11H2,1-6H3. The molecule has 1 fully saturated rings. The summed E-state index contributed by atoms with van der Waals surface area (Å²) in [6.45, 7) is 11.5. The highest BCUT2D eigenvalue weighted by Crippen LogP contribution is 2.32. The smallest absolute Gasteiger partial charge is 0.187 e. The number of rotatable bonds is 9. The first-order chi connectivity index (χ1) is 11.1. The summed E-state index contributed by atoms with van der Waals surface area (Å²) in [7, 11) is 0. The van der Waals surface area contributed by atoms with Crippen LogP contribution in [0.5, 0.6) is 0 Å². The summed E-state index contributed by atoms with van der Waals surface area (Å²) >= 11 is 0. The molecule has 0 saturated carbocycles. The van der Waals surface area contributed by atoms with Gasteiger partial charge >= 0.3 is 0 Å². The molecule has 24 heavy (non-hydrogen) atoms. The Hall–Kier alpha value is -0.240. The molecule has 0 aromatic heterocycles. The Morgan fingerprint density at radius 1 is 0.875 bits per heavy atom. The Labute approximate surface area is 146 Å². The van der Waals surface area contributed by atoms with Crippen LogP contribution in [0.4, 0.5) is 0 Å². The van der Waals surface area contributed by atoms with Crippen LogP contribution in [0.15, 0.2) is 0 Å². The number of aliphatic hydroxyl groups is 3. The fourth-order valence-corrected chi connectivity index (χ4v) is 3.30. The third kappa shape index (κ3) is 5.93. The Balaban J connectivity index is 2.84. The van der Waals surface area contributed by atoms with E-state index in [1.807, 2.05) is 34.6 Å². The highest BCUT2D eigenvalue weighted by atomic mass is 16.7. The second-order valence-electron chi connectivity index (χ2n) is 7.93. The van der Waals surface area contributed by atoms with E-state index in [0.717, 1.165) is 25.7 Å². The lowest BCUT2D eigenvalue weighted by molar-refractivity contribution is -0.337. The lowest BCUT2D eigenvalue weighted by atomic mass is 9.95. The first-order valence-corrected chi connectivity index (χ1v) is 9.05. The molecule has 0 radical (unpaired) electrons. The van der Waals surface area contributed by atoms with E-state index in [0.29, 0.717) is 0 Å². The predicted octanol–water partition coefficient (Wildman–Crippen LogP) is 1.98. The average Bonchev–Trinajstić information content (AvgIpc) is 2.46. The minimum absolute atomic E-state index is 0.315. The molecule has 1 rings (SSSR count). The number of aliphatic hydroxyl groups excluding tert-OH is 3. The van der Waals surface area contributed by atoms with E-state index in [9.17, 15) is 15.3 Å². The van der Waals surface area contributed by atoms with Crippen LogP contribution < -0.4 is 0 Å². The molecule has 0 amide bonds. The lowest BCUT2D eigenvalue weighted by Crippen LogP contribution is -2.62. The molecule has 1 heterocycles. The largest absolute Gasteiger partial charge is 0.394 e. The zero-order valence-corrected chi connectivity index (χ0v) is 16.0. The van der Waals surface area contributed by atoms with Crippen LogP contribution >= 0.6 is 0 Å². The van der Waals surface area contributed by atoms with Crippen molar-refractivity contribution in [2.45, 2.75) is 109 Å². The van der Waals surface area contributed by atoms with Gasteiger partial charge in [0.25, 0.3) is 0 Å². The van der Waals surface area contributed by atoms with E-state index in [-0.39, 0.29) is 6.61 Å². The zero-order valence-electron chi connectivity index (χ0n) is 16.0. The Morgan fingerprint density at radius 2 is 1.38 bits per heavy atom. The minimum atomic E-state index is -1.23. The molecule has 0 aromatic carbocycles. The van der Waals surface area contributed by atoms with Gasteiger partial charge in [0.1, 0.15) is 24.4 Å². The van der Waals surface area contributed by atoms with Gasteiger partial charge in [0, 0.05) is 0 Å². The van der Waals surface area contributed by atoms with Crippen LogP contribution in [0.2, 0.25) is 0 Å². The average molecular weight is 348 g/mol. The highest BCUT2D eigenvalue weighted by molar-refractivity contribution is 4.92. The topological polar surface area (TPSA) is 88.4 Å². The van der Waals surface area contributed by atoms with Gasteiger partial charge in [-0.15, -0.1) is 0 Å².